The molecule has 0 fully saturated rings. The molecule has 19 aromatic rings. The maximum atomic E-state index is 6.88. The molecule has 144 heavy (non-hydrogen) atoms. The summed E-state index contributed by atoms with van der Waals surface area (Å²) in [5.41, 5.74) is 15.5. The van der Waals surface area contributed by atoms with Gasteiger partial charge in [0.25, 0.3) is 0 Å². The van der Waals surface area contributed by atoms with Crippen LogP contribution < -0.4 is 96.3 Å². The van der Waals surface area contributed by atoms with Crippen molar-refractivity contribution in [3.05, 3.63) is 606 Å². The van der Waals surface area contributed by atoms with Crippen LogP contribution in [0.15, 0.2) is 552 Å². The van der Waals surface area contributed by atoms with Crippen LogP contribution in [-0.2, 0) is 39.0 Å². The molecule has 0 aromatic heterocycles. The number of hydrogen-bond acceptors (Lipinski definition) is 2. The molecule has 0 heterocycles. The number of hydrogen-bond donors (Lipinski definition) is 2. The Hall–Kier alpha value is -12.7. The van der Waals surface area contributed by atoms with Gasteiger partial charge in [-0.05, 0) is 203 Å². The summed E-state index contributed by atoms with van der Waals surface area (Å²) < 4.78 is 0. The summed E-state index contributed by atoms with van der Waals surface area (Å²) in [6.45, 7) is 0. The second kappa shape index (κ2) is 64.1. The van der Waals surface area contributed by atoms with Gasteiger partial charge in [0.2, 0.25) is 0 Å². The van der Waals surface area contributed by atoms with E-state index < -0.39 is 0 Å². The maximum Gasteiger partial charge on any atom is 2.00 e. The van der Waals surface area contributed by atoms with Crippen LogP contribution in [0.5, 0.6) is 0 Å². The van der Waals surface area contributed by atoms with Gasteiger partial charge in [-0.1, -0.05) is 515 Å². The molecule has 0 spiro atoms. The number of rotatable bonds is 28. The fraction of sp³-hybridized carbons (Fsp3) is 0.0606. The number of nitrogens with two attached hydrogens (primary N) is 2. The van der Waals surface area contributed by atoms with Gasteiger partial charge in [0, 0.05) is 11.4 Å². The second-order valence-electron chi connectivity index (χ2n) is 32.3. The third-order valence-electron chi connectivity index (χ3n) is 22.8. The van der Waals surface area contributed by atoms with Crippen molar-refractivity contribution in [3.8, 4) is 36.0 Å². The summed E-state index contributed by atoms with van der Waals surface area (Å²) in [4.78, 5) is 0. The molecule has 0 aliphatic rings. The minimum Gasteiger partial charge on any atom is -0.399 e. The van der Waals surface area contributed by atoms with Crippen LogP contribution in [0.3, 0.4) is 0 Å². The van der Waals surface area contributed by atoms with E-state index in [0.29, 0.717) is 28.1 Å². The Labute approximate surface area is 893 Å². The molecule has 0 saturated carbocycles. The zero-order valence-electron chi connectivity index (χ0n) is 80.2. The quantitative estimate of drug-likeness (QED) is 0.0169. The third-order valence-corrected chi connectivity index (χ3v) is 44.3. The third kappa shape index (κ3) is 36.5. The van der Waals surface area contributed by atoms with Crippen LogP contribution in [0.25, 0.3) is 0 Å². The molecule has 0 aliphatic carbocycles. The molecule has 0 unspecified atom stereocenters. The average Bonchev–Trinajstić information content (AvgIpc) is 0.836. The van der Waals surface area contributed by atoms with Crippen molar-refractivity contribution in [2.75, 3.05) is 60.8 Å². The Balaban J connectivity index is 0.000000166. The predicted octanol–water partition coefficient (Wildman–Crippen LogP) is 25.0. The van der Waals surface area contributed by atoms with Gasteiger partial charge in [-0.15, -0.1) is 65.1 Å². The van der Waals surface area contributed by atoms with E-state index in [4.69, 9.17) is 43.6 Å². The van der Waals surface area contributed by atoms with Crippen molar-refractivity contribution in [1.29, 1.82) is 0 Å². The van der Waals surface area contributed by atoms with E-state index in [1.807, 2.05) is 0 Å². The van der Waals surface area contributed by atoms with Crippen molar-refractivity contribution in [2.24, 2.45) is 0 Å². The van der Waals surface area contributed by atoms with Crippen LogP contribution in [-0.4, -0.2) is 49.3 Å². The van der Waals surface area contributed by atoms with Gasteiger partial charge in [-0.25, -0.2) is 0 Å². The summed E-state index contributed by atoms with van der Waals surface area (Å²) in [7, 11) is -2.78. The fourth-order valence-electron chi connectivity index (χ4n) is 15.8. The van der Waals surface area contributed by atoms with Crippen LogP contribution in [0.1, 0.15) is 27.8 Å². The van der Waals surface area contributed by atoms with E-state index in [-0.39, 0.29) is 102 Å². The van der Waals surface area contributed by atoms with Crippen molar-refractivity contribution >= 4 is 160 Å². The maximum absolute atomic E-state index is 6.88. The van der Waals surface area contributed by atoms with Gasteiger partial charge >= 0.3 is 39.0 Å². The van der Waals surface area contributed by atoms with E-state index in [0.717, 1.165) is 11.1 Å². The molecular formula is C132H112N2P8Ru2. The average molecular weight is 2180 g/mol. The minimum atomic E-state index is -0.348. The first-order chi connectivity index (χ1) is 70.1. The summed E-state index contributed by atoms with van der Waals surface area (Å²) in [6.07, 6.45) is 42.0. The Morgan fingerprint density at radius 2 is 0.257 bits per heavy atom. The molecule has 19 rings (SSSR count). The van der Waals surface area contributed by atoms with E-state index in [1.165, 1.54) is 134 Å². The molecule has 0 radical (unpaired) electrons. The topological polar surface area (TPSA) is 52.0 Å². The first-order valence-electron chi connectivity index (χ1n) is 47.2. The SMILES string of the molecule is [C-]#Cc1cc(C#[C-])cc(C#C)c1.[C-]#Cc1ccc(N)cc1.[C-]#Cc1ccc(N)cc1.[Ru+2].[Ru+2].c1ccc(P(CCP(c2ccccc2)c2ccccc2)c2ccccc2)cc1.c1ccc(P(CCP(c2ccccc2)c2ccccc2)c2ccccc2)cc1.c1ccc(P(CCP(c2ccccc2)c2ccccc2)c2ccccc2)cc1.c1ccc(P(CCP(c2ccccc2)c2ccccc2)c2ccccc2)cc1. The van der Waals surface area contributed by atoms with Gasteiger partial charge in [0.1, 0.15) is 0 Å². The zero-order valence-corrected chi connectivity index (χ0v) is 90.8. The van der Waals surface area contributed by atoms with Gasteiger partial charge in [0.15, 0.2) is 0 Å². The van der Waals surface area contributed by atoms with Crippen LogP contribution in [0.4, 0.5) is 11.4 Å². The zero-order chi connectivity index (χ0) is 98.4. The Morgan fingerprint density at radius 3 is 0.354 bits per heavy atom. The van der Waals surface area contributed by atoms with Gasteiger partial charge in [-0.2, -0.15) is 6.07 Å². The molecule has 2 nitrogen and oxygen atoms in total. The van der Waals surface area contributed by atoms with Crippen LogP contribution in [0, 0.1) is 61.7 Å². The summed E-state index contributed by atoms with van der Waals surface area (Å²) >= 11 is 0. The fourth-order valence-corrected chi connectivity index (χ4v) is 37.2. The summed E-state index contributed by atoms with van der Waals surface area (Å²) in [6, 6.07) is 196. The number of nitrogen functional groups attached to an aromatic ring is 2. The second-order valence-corrected chi connectivity index (χ2v) is 51.0. The number of terminal acetylenes is 1. The number of anilines is 2. The van der Waals surface area contributed by atoms with E-state index in [9.17, 15) is 0 Å². The van der Waals surface area contributed by atoms with Crippen molar-refractivity contribution in [2.45, 2.75) is 0 Å². The van der Waals surface area contributed by atoms with Crippen molar-refractivity contribution < 1.29 is 39.0 Å². The standard InChI is InChI=1S/4C26H24P2.C12H4.2C8H6N.2Ru/c4*1-5-13-23(14-6-1)27(24-15-7-2-8-16-24)21-22-28(25-17-9-3-10-18-25)26-19-11-4-12-20-26;1-4-10-7-11(5-2)9-12(6-3)8-10;2*1-2-7-3-5-8(9)6-4-7;;/h4*1-20H,21-22H2;1,7-9H;2*3-6H,9H2;;/q;;;;-2;2*-1;2*+2. The molecule has 0 amide bonds. The monoisotopic (exact) mass is 2180 g/mol. The predicted molar refractivity (Wildman–Crippen MR) is 633 cm³/mol. The van der Waals surface area contributed by atoms with Gasteiger partial charge in [0.05, 0.1) is 0 Å². The molecule has 12 heteroatoms. The minimum absolute atomic E-state index is 0. The first-order valence-corrected chi connectivity index (χ1v) is 59.4. The molecule has 706 valence electrons. The molecular weight excluding hydrogens is 2060 g/mol. The first kappa shape index (κ1) is 112. The molecule has 4 N–H and O–H groups in total. The molecule has 0 bridgehead atoms. The Bertz CT molecular complexity index is 5570. The molecule has 0 atom stereocenters. The summed E-state index contributed by atoms with van der Waals surface area (Å²) in [5, 5.41) is 23.6. The van der Waals surface area contributed by atoms with Gasteiger partial charge in [-0.3, -0.25) is 23.7 Å². The van der Waals surface area contributed by atoms with E-state index in [1.54, 1.807) is 66.7 Å². The van der Waals surface area contributed by atoms with E-state index >= 15 is 0 Å². The van der Waals surface area contributed by atoms with E-state index in [2.05, 4.69) is 515 Å². The van der Waals surface area contributed by atoms with Crippen molar-refractivity contribution in [3.63, 3.8) is 0 Å². The normalized spacial score (nSPS) is 10.3. The number of benzene rings is 19. The van der Waals surface area contributed by atoms with Gasteiger partial charge < -0.3 is 37.2 Å². The van der Waals surface area contributed by atoms with Crippen molar-refractivity contribution in [1.82, 2.24) is 0 Å². The smallest absolute Gasteiger partial charge is 0.399 e. The molecule has 0 aliphatic heterocycles. The largest absolute Gasteiger partial charge is 2.00 e. The van der Waals surface area contributed by atoms with Crippen LogP contribution in [0.2, 0.25) is 0 Å². The van der Waals surface area contributed by atoms with Crippen LogP contribution >= 0.6 is 63.4 Å². The molecule has 19 aromatic carbocycles. The Kier molecular flexibility index (Phi) is 49.7. The molecule has 0 saturated heterocycles. The summed E-state index contributed by atoms with van der Waals surface area (Å²) in [5.74, 6) is 11.3. The Morgan fingerprint density at radius 1 is 0.153 bits per heavy atom.